The number of nitrogens with zero attached hydrogens (tertiary/aromatic N) is 4. The standard InChI is InChI=1S/C15H18N4S/c1-18(2)10-5-11-19-12-6-3-9-17-15(12)20-13-7-4-8-16-14(13)19/h3-4,6-9H,5,10-11H2,1-2H3. The number of aromatic nitrogens is 2. The van der Waals surface area contributed by atoms with Crippen LogP contribution in [-0.2, 0) is 0 Å². The van der Waals surface area contributed by atoms with Crippen molar-refractivity contribution in [2.45, 2.75) is 16.3 Å². The molecule has 0 N–H and O–H groups in total. The summed E-state index contributed by atoms with van der Waals surface area (Å²) < 4.78 is 0. The normalized spacial score (nSPS) is 13.2. The second-order valence-electron chi connectivity index (χ2n) is 5.06. The van der Waals surface area contributed by atoms with Gasteiger partial charge in [-0.05, 0) is 51.3 Å². The van der Waals surface area contributed by atoms with E-state index in [4.69, 9.17) is 0 Å². The largest absolute Gasteiger partial charge is 0.323 e. The number of pyridine rings is 2. The fourth-order valence-electron chi connectivity index (χ4n) is 2.32. The van der Waals surface area contributed by atoms with Crippen molar-refractivity contribution in [3.05, 3.63) is 36.7 Å². The Labute approximate surface area is 123 Å². The van der Waals surface area contributed by atoms with Crippen LogP contribution < -0.4 is 4.90 Å². The molecule has 0 spiro atoms. The lowest BCUT2D eigenvalue weighted by Crippen LogP contribution is -2.26. The third-order valence-corrected chi connectivity index (χ3v) is 4.29. The smallest absolute Gasteiger partial charge is 0.147 e. The molecule has 0 bridgehead atoms. The highest BCUT2D eigenvalue weighted by Crippen LogP contribution is 2.45. The Morgan fingerprint density at radius 1 is 1.15 bits per heavy atom. The summed E-state index contributed by atoms with van der Waals surface area (Å²) in [4.78, 5) is 14.7. The summed E-state index contributed by atoms with van der Waals surface area (Å²) in [5.74, 6) is 1.05. The lowest BCUT2D eigenvalue weighted by Gasteiger charge is -2.31. The molecule has 1 aliphatic rings. The topological polar surface area (TPSA) is 32.3 Å². The van der Waals surface area contributed by atoms with Crippen molar-refractivity contribution in [3.63, 3.8) is 0 Å². The minimum Gasteiger partial charge on any atom is -0.323 e. The van der Waals surface area contributed by atoms with Gasteiger partial charge < -0.3 is 9.80 Å². The van der Waals surface area contributed by atoms with Gasteiger partial charge in [0.05, 0.1) is 10.6 Å². The molecule has 0 saturated carbocycles. The quantitative estimate of drug-likeness (QED) is 0.862. The van der Waals surface area contributed by atoms with Gasteiger partial charge in [-0.1, -0.05) is 11.8 Å². The van der Waals surface area contributed by atoms with Crippen LogP contribution in [0.5, 0.6) is 0 Å². The molecule has 0 saturated heterocycles. The summed E-state index contributed by atoms with van der Waals surface area (Å²) in [6.07, 6.45) is 4.81. The molecule has 3 rings (SSSR count). The Hall–Kier alpha value is -1.59. The van der Waals surface area contributed by atoms with E-state index < -0.39 is 0 Å². The van der Waals surface area contributed by atoms with Crippen molar-refractivity contribution >= 4 is 23.3 Å². The van der Waals surface area contributed by atoms with E-state index in [1.807, 2.05) is 24.5 Å². The SMILES string of the molecule is CN(C)CCCN1c2cccnc2Sc2cccnc21. The first-order valence-electron chi connectivity index (χ1n) is 6.76. The van der Waals surface area contributed by atoms with Crippen LogP contribution in [0.2, 0.25) is 0 Å². The van der Waals surface area contributed by atoms with E-state index in [-0.39, 0.29) is 0 Å². The number of hydrogen-bond acceptors (Lipinski definition) is 5. The van der Waals surface area contributed by atoms with Gasteiger partial charge in [0, 0.05) is 18.9 Å². The average molecular weight is 286 g/mol. The van der Waals surface area contributed by atoms with E-state index in [1.165, 1.54) is 10.6 Å². The van der Waals surface area contributed by atoms with Gasteiger partial charge in [0.1, 0.15) is 10.8 Å². The Balaban J connectivity index is 1.91. The Morgan fingerprint density at radius 2 is 1.95 bits per heavy atom. The highest BCUT2D eigenvalue weighted by Gasteiger charge is 2.24. The summed E-state index contributed by atoms with van der Waals surface area (Å²) in [5, 5.41) is 1.07. The van der Waals surface area contributed by atoms with Gasteiger partial charge >= 0.3 is 0 Å². The molecule has 0 fully saturated rings. The number of hydrogen-bond donors (Lipinski definition) is 0. The molecule has 0 radical (unpaired) electrons. The fraction of sp³-hybridized carbons (Fsp3) is 0.333. The molecule has 1 aliphatic heterocycles. The van der Waals surface area contributed by atoms with Crippen molar-refractivity contribution < 1.29 is 0 Å². The molecule has 104 valence electrons. The second-order valence-corrected chi connectivity index (χ2v) is 6.09. The van der Waals surface area contributed by atoms with Crippen molar-refractivity contribution in [3.8, 4) is 0 Å². The predicted molar refractivity (Wildman–Crippen MR) is 82.8 cm³/mol. The summed E-state index contributed by atoms with van der Waals surface area (Å²) in [6, 6.07) is 8.22. The summed E-state index contributed by atoms with van der Waals surface area (Å²) >= 11 is 1.70. The Kier molecular flexibility index (Phi) is 3.89. The average Bonchev–Trinajstić information content (AvgIpc) is 2.46. The van der Waals surface area contributed by atoms with Crippen LogP contribution in [0.1, 0.15) is 6.42 Å². The van der Waals surface area contributed by atoms with Crippen LogP contribution in [-0.4, -0.2) is 42.1 Å². The molecule has 2 aromatic rings. The first kappa shape index (κ1) is 13.4. The van der Waals surface area contributed by atoms with E-state index in [1.54, 1.807) is 11.8 Å². The minimum absolute atomic E-state index is 0.960. The van der Waals surface area contributed by atoms with Gasteiger partial charge in [0.2, 0.25) is 0 Å². The highest BCUT2D eigenvalue weighted by atomic mass is 32.2. The number of fused-ring (bicyclic) bond motifs is 2. The van der Waals surface area contributed by atoms with Gasteiger partial charge in [-0.25, -0.2) is 9.97 Å². The van der Waals surface area contributed by atoms with E-state index in [2.05, 4.69) is 46.0 Å². The zero-order valence-corrected chi connectivity index (χ0v) is 12.6. The van der Waals surface area contributed by atoms with Crippen LogP contribution >= 0.6 is 11.8 Å². The van der Waals surface area contributed by atoms with Crippen molar-refractivity contribution in [1.29, 1.82) is 0 Å². The fourth-order valence-corrected chi connectivity index (χ4v) is 3.33. The number of rotatable bonds is 4. The van der Waals surface area contributed by atoms with Crippen LogP contribution in [0.3, 0.4) is 0 Å². The molecule has 0 unspecified atom stereocenters. The summed E-state index contributed by atoms with van der Waals surface area (Å²) in [7, 11) is 4.21. The lowest BCUT2D eigenvalue weighted by molar-refractivity contribution is 0.402. The van der Waals surface area contributed by atoms with Crippen LogP contribution in [0.4, 0.5) is 11.5 Å². The molecule has 0 aromatic carbocycles. The monoisotopic (exact) mass is 286 g/mol. The van der Waals surface area contributed by atoms with E-state index >= 15 is 0 Å². The molecule has 0 atom stereocenters. The third-order valence-electron chi connectivity index (χ3n) is 3.24. The predicted octanol–water partition coefficient (Wildman–Crippen LogP) is 3.03. The zero-order valence-electron chi connectivity index (χ0n) is 11.8. The zero-order chi connectivity index (χ0) is 13.9. The Morgan fingerprint density at radius 3 is 2.80 bits per heavy atom. The van der Waals surface area contributed by atoms with Crippen molar-refractivity contribution in [2.75, 3.05) is 32.1 Å². The van der Waals surface area contributed by atoms with Crippen molar-refractivity contribution in [1.82, 2.24) is 14.9 Å². The van der Waals surface area contributed by atoms with Crippen LogP contribution in [0.15, 0.2) is 46.6 Å². The minimum atomic E-state index is 0.960. The summed E-state index contributed by atoms with van der Waals surface area (Å²) in [5.41, 5.74) is 1.17. The van der Waals surface area contributed by atoms with E-state index in [0.29, 0.717) is 0 Å². The van der Waals surface area contributed by atoms with Gasteiger partial charge in [0.15, 0.2) is 0 Å². The maximum absolute atomic E-state index is 4.56. The summed E-state index contributed by atoms with van der Waals surface area (Å²) in [6.45, 7) is 2.03. The maximum atomic E-state index is 4.56. The van der Waals surface area contributed by atoms with Crippen LogP contribution in [0, 0.1) is 0 Å². The maximum Gasteiger partial charge on any atom is 0.147 e. The van der Waals surface area contributed by atoms with Crippen LogP contribution in [0.25, 0.3) is 0 Å². The van der Waals surface area contributed by atoms with E-state index in [0.717, 1.165) is 30.4 Å². The molecular weight excluding hydrogens is 268 g/mol. The molecule has 2 aromatic heterocycles. The molecule has 20 heavy (non-hydrogen) atoms. The van der Waals surface area contributed by atoms with Gasteiger partial charge in [-0.15, -0.1) is 0 Å². The Bertz CT molecular complexity index is 554. The van der Waals surface area contributed by atoms with Gasteiger partial charge in [0.25, 0.3) is 0 Å². The van der Waals surface area contributed by atoms with E-state index in [9.17, 15) is 0 Å². The molecule has 3 heterocycles. The second kappa shape index (κ2) is 5.81. The molecular formula is C15H18N4S. The van der Waals surface area contributed by atoms with Crippen molar-refractivity contribution in [2.24, 2.45) is 0 Å². The molecule has 4 nitrogen and oxygen atoms in total. The molecule has 5 heteroatoms. The highest BCUT2D eigenvalue weighted by molar-refractivity contribution is 7.99. The lowest BCUT2D eigenvalue weighted by atomic mass is 10.3. The van der Waals surface area contributed by atoms with Gasteiger partial charge in [-0.3, -0.25) is 0 Å². The molecule has 0 aliphatic carbocycles. The first-order valence-corrected chi connectivity index (χ1v) is 7.57. The molecule has 0 amide bonds. The first-order chi connectivity index (χ1) is 9.75. The number of anilines is 2. The third kappa shape index (κ3) is 2.64. The van der Waals surface area contributed by atoms with Gasteiger partial charge in [-0.2, -0.15) is 0 Å².